The minimum absolute atomic E-state index is 0.229. The Balaban J connectivity index is 1.66. The molecule has 0 atom stereocenters. The molecular weight excluding hydrogens is 388 g/mol. The highest BCUT2D eigenvalue weighted by atomic mass is 35.5. The average molecular weight is 403 g/mol. The third-order valence-corrected chi connectivity index (χ3v) is 5.43. The first-order valence-electron chi connectivity index (χ1n) is 7.93. The highest BCUT2D eigenvalue weighted by Crippen LogP contribution is 2.34. The third-order valence-electron chi connectivity index (χ3n) is 3.76. The molecule has 0 aliphatic carbocycles. The second kappa shape index (κ2) is 8.20. The van der Waals surface area contributed by atoms with Crippen molar-refractivity contribution in [1.29, 1.82) is 0 Å². The summed E-state index contributed by atoms with van der Waals surface area (Å²) < 4.78 is 5.58. The highest BCUT2D eigenvalue weighted by Gasteiger charge is 2.18. The van der Waals surface area contributed by atoms with Gasteiger partial charge in [-0.3, -0.25) is 9.59 Å². The average Bonchev–Trinajstić information content (AvgIpc) is 3.03. The largest absolute Gasteiger partial charge is 0.465 e. The van der Waals surface area contributed by atoms with Crippen LogP contribution in [0.15, 0.2) is 48.5 Å². The van der Waals surface area contributed by atoms with E-state index < -0.39 is 17.8 Å². The number of fused-ring (bicyclic) bond motifs is 1. The maximum Gasteiger partial charge on any atom is 0.339 e. The van der Waals surface area contributed by atoms with E-state index in [0.29, 0.717) is 15.6 Å². The minimum Gasteiger partial charge on any atom is -0.465 e. The van der Waals surface area contributed by atoms with Gasteiger partial charge >= 0.3 is 5.97 Å². The van der Waals surface area contributed by atoms with Crippen molar-refractivity contribution < 1.29 is 19.1 Å². The van der Waals surface area contributed by atoms with Crippen LogP contribution in [-0.4, -0.2) is 31.4 Å². The predicted octanol–water partition coefficient (Wildman–Crippen LogP) is 3.71. The number of ether oxygens (including phenoxy) is 1. The summed E-state index contributed by atoms with van der Waals surface area (Å²) in [6.45, 7) is -0.265. The molecule has 0 radical (unpaired) electrons. The van der Waals surface area contributed by atoms with Crippen molar-refractivity contribution >= 4 is 56.5 Å². The topological polar surface area (TPSA) is 84.5 Å². The molecule has 2 N–H and O–H groups in total. The number of hydrogen-bond donors (Lipinski definition) is 2. The normalized spacial score (nSPS) is 10.4. The molecule has 2 amide bonds. The Morgan fingerprint density at radius 1 is 1.07 bits per heavy atom. The summed E-state index contributed by atoms with van der Waals surface area (Å²) in [5, 5.41) is 6.29. The first-order valence-corrected chi connectivity index (χ1v) is 9.13. The number of para-hydroxylation sites is 1. The van der Waals surface area contributed by atoms with Crippen molar-refractivity contribution in [2.75, 3.05) is 19.0 Å². The van der Waals surface area contributed by atoms with E-state index in [0.717, 1.165) is 10.1 Å². The van der Waals surface area contributed by atoms with Crippen LogP contribution < -0.4 is 10.6 Å². The van der Waals surface area contributed by atoms with Gasteiger partial charge in [-0.15, -0.1) is 11.3 Å². The van der Waals surface area contributed by atoms with Crippen LogP contribution >= 0.6 is 22.9 Å². The van der Waals surface area contributed by atoms with Crippen molar-refractivity contribution in [3.05, 3.63) is 64.0 Å². The zero-order valence-electron chi connectivity index (χ0n) is 14.2. The van der Waals surface area contributed by atoms with Gasteiger partial charge in [-0.05, 0) is 18.2 Å². The zero-order valence-corrected chi connectivity index (χ0v) is 15.8. The Morgan fingerprint density at radius 2 is 1.78 bits per heavy atom. The fraction of sp³-hybridized carbons (Fsp3) is 0.105. The van der Waals surface area contributed by atoms with Crippen LogP contribution in [0.2, 0.25) is 5.02 Å². The molecule has 0 saturated heterocycles. The molecule has 0 saturated carbocycles. The maximum absolute atomic E-state index is 12.4. The van der Waals surface area contributed by atoms with Gasteiger partial charge in [0.25, 0.3) is 5.91 Å². The summed E-state index contributed by atoms with van der Waals surface area (Å²) in [4.78, 5) is 36.6. The lowest BCUT2D eigenvalue weighted by molar-refractivity contribution is -0.115. The van der Waals surface area contributed by atoms with E-state index in [1.807, 2.05) is 24.3 Å². The predicted molar refractivity (Wildman–Crippen MR) is 106 cm³/mol. The number of anilines is 1. The van der Waals surface area contributed by atoms with Crippen LogP contribution in [0.25, 0.3) is 10.1 Å². The van der Waals surface area contributed by atoms with Crippen LogP contribution in [0.3, 0.4) is 0 Å². The fourth-order valence-corrected chi connectivity index (χ4v) is 3.91. The number of nitrogens with one attached hydrogen (secondary N) is 2. The number of carbonyl (C=O) groups is 3. The van der Waals surface area contributed by atoms with E-state index in [1.54, 1.807) is 18.2 Å². The Bertz CT molecular complexity index is 1030. The van der Waals surface area contributed by atoms with E-state index in [4.69, 9.17) is 11.6 Å². The van der Waals surface area contributed by atoms with Crippen LogP contribution in [0.4, 0.5) is 5.69 Å². The fourth-order valence-electron chi connectivity index (χ4n) is 2.48. The summed E-state index contributed by atoms with van der Waals surface area (Å²) in [5.74, 6) is -1.47. The lowest BCUT2D eigenvalue weighted by atomic mass is 10.2. The van der Waals surface area contributed by atoms with Gasteiger partial charge in [-0.25, -0.2) is 4.79 Å². The zero-order chi connectivity index (χ0) is 19.4. The van der Waals surface area contributed by atoms with Crippen LogP contribution in [0, 0.1) is 0 Å². The van der Waals surface area contributed by atoms with E-state index in [9.17, 15) is 14.4 Å². The van der Waals surface area contributed by atoms with E-state index in [1.165, 1.54) is 24.5 Å². The number of esters is 1. The molecule has 3 aromatic rings. The van der Waals surface area contributed by atoms with Crippen molar-refractivity contribution in [2.24, 2.45) is 0 Å². The van der Waals surface area contributed by atoms with Gasteiger partial charge in [-0.2, -0.15) is 0 Å². The first kappa shape index (κ1) is 18.9. The molecule has 1 heterocycles. The van der Waals surface area contributed by atoms with E-state index in [2.05, 4.69) is 15.4 Å². The number of rotatable bonds is 5. The Morgan fingerprint density at radius 3 is 2.52 bits per heavy atom. The standard InChI is InChI=1S/C19H15ClN2O4S/c1-26-19(25)11-6-2-4-8-13(11)22-15(23)10-21-18(24)17-16(20)12-7-3-5-9-14(12)27-17/h2-9H,10H2,1H3,(H,21,24)(H,22,23). The number of halogens is 1. The SMILES string of the molecule is COC(=O)c1ccccc1NC(=O)CNC(=O)c1sc2ccccc2c1Cl. The molecule has 0 aliphatic heterocycles. The molecule has 0 aliphatic rings. The molecule has 3 rings (SSSR count). The van der Waals surface area contributed by atoms with Crippen LogP contribution in [0.5, 0.6) is 0 Å². The Hall–Kier alpha value is -2.90. The lowest BCUT2D eigenvalue weighted by Crippen LogP contribution is -2.32. The molecule has 27 heavy (non-hydrogen) atoms. The van der Waals surface area contributed by atoms with Crippen LogP contribution in [0.1, 0.15) is 20.0 Å². The number of thiophene rings is 1. The van der Waals surface area contributed by atoms with Gasteiger partial charge in [0.15, 0.2) is 0 Å². The number of methoxy groups -OCH3 is 1. The van der Waals surface area contributed by atoms with Gasteiger partial charge in [0, 0.05) is 10.1 Å². The number of benzene rings is 2. The monoisotopic (exact) mass is 402 g/mol. The Kier molecular flexibility index (Phi) is 5.73. The molecule has 0 unspecified atom stereocenters. The third kappa shape index (κ3) is 4.10. The van der Waals surface area contributed by atoms with Crippen molar-refractivity contribution in [3.63, 3.8) is 0 Å². The van der Waals surface area contributed by atoms with E-state index in [-0.39, 0.29) is 12.1 Å². The summed E-state index contributed by atoms with van der Waals surface area (Å²) in [6.07, 6.45) is 0. The van der Waals surface area contributed by atoms with Crippen LogP contribution in [-0.2, 0) is 9.53 Å². The van der Waals surface area contributed by atoms with Crippen molar-refractivity contribution in [2.45, 2.75) is 0 Å². The number of hydrogen-bond acceptors (Lipinski definition) is 5. The molecule has 0 spiro atoms. The molecule has 138 valence electrons. The molecular formula is C19H15ClN2O4S. The maximum atomic E-state index is 12.4. The molecule has 0 bridgehead atoms. The second-order valence-corrected chi connectivity index (χ2v) is 6.94. The number of carbonyl (C=O) groups excluding carboxylic acids is 3. The molecule has 6 nitrogen and oxygen atoms in total. The molecule has 8 heteroatoms. The van der Waals surface area contributed by atoms with Gasteiger partial charge in [0.1, 0.15) is 4.88 Å². The minimum atomic E-state index is -0.563. The second-order valence-electron chi connectivity index (χ2n) is 5.51. The quantitative estimate of drug-likeness (QED) is 0.637. The molecule has 0 fully saturated rings. The summed E-state index contributed by atoms with van der Waals surface area (Å²) >= 11 is 7.53. The number of amides is 2. The van der Waals surface area contributed by atoms with Crippen molar-refractivity contribution in [3.8, 4) is 0 Å². The lowest BCUT2D eigenvalue weighted by Gasteiger charge is -2.10. The molecule has 1 aromatic heterocycles. The Labute approximate surface area is 164 Å². The van der Waals surface area contributed by atoms with Gasteiger partial charge in [-0.1, -0.05) is 41.9 Å². The van der Waals surface area contributed by atoms with Crippen molar-refractivity contribution in [1.82, 2.24) is 5.32 Å². The smallest absolute Gasteiger partial charge is 0.339 e. The molecule has 2 aromatic carbocycles. The summed E-state index contributed by atoms with van der Waals surface area (Å²) in [5.41, 5.74) is 0.538. The van der Waals surface area contributed by atoms with Gasteiger partial charge in [0.05, 0.1) is 29.9 Å². The first-order chi connectivity index (χ1) is 13.0. The van der Waals surface area contributed by atoms with E-state index >= 15 is 0 Å². The highest BCUT2D eigenvalue weighted by molar-refractivity contribution is 7.21. The summed E-state index contributed by atoms with van der Waals surface area (Å²) in [7, 11) is 1.26. The van der Waals surface area contributed by atoms with Gasteiger partial charge < -0.3 is 15.4 Å². The van der Waals surface area contributed by atoms with Gasteiger partial charge in [0.2, 0.25) is 5.91 Å². The summed E-state index contributed by atoms with van der Waals surface area (Å²) in [6, 6.07) is 13.9.